The summed E-state index contributed by atoms with van der Waals surface area (Å²) >= 11 is 0. The van der Waals surface area contributed by atoms with E-state index in [1.54, 1.807) is 0 Å². The number of ether oxygens (including phenoxy) is 3. The Bertz CT molecular complexity index is 535. The van der Waals surface area contributed by atoms with Gasteiger partial charge in [0.15, 0.2) is 0 Å². The minimum absolute atomic E-state index is 0.0372. The fourth-order valence-electron chi connectivity index (χ4n) is 2.47. The molecular weight excluding hydrogens is 395 g/mol. The Morgan fingerprint density at radius 1 is 1.10 bits per heavy atom. The van der Waals surface area contributed by atoms with E-state index in [9.17, 15) is 13.2 Å². The molecule has 0 aromatic carbocycles. The molecule has 2 heterocycles. The second-order valence-corrected chi connectivity index (χ2v) is 7.81. The number of hydrogen-bond donors (Lipinski definition) is 0. The second kappa shape index (κ2) is 15.5. The van der Waals surface area contributed by atoms with Gasteiger partial charge in [-0.1, -0.05) is 47.1 Å². The average Bonchev–Trinajstić information content (AvgIpc) is 2.66. The van der Waals surface area contributed by atoms with Gasteiger partial charge in [-0.3, -0.25) is 0 Å². The van der Waals surface area contributed by atoms with Gasteiger partial charge < -0.3 is 14.2 Å². The highest BCUT2D eigenvalue weighted by Gasteiger charge is 2.33. The lowest BCUT2D eigenvalue weighted by Gasteiger charge is -2.38. The van der Waals surface area contributed by atoms with Gasteiger partial charge in [-0.2, -0.15) is 13.2 Å². The number of halogens is 3. The Hall–Kier alpha value is -1.34. The number of rotatable bonds is 2. The van der Waals surface area contributed by atoms with Crippen molar-refractivity contribution in [1.29, 1.82) is 0 Å². The van der Waals surface area contributed by atoms with Crippen molar-refractivity contribution in [3.05, 3.63) is 23.9 Å². The third-order valence-corrected chi connectivity index (χ3v) is 3.69. The molecule has 0 spiro atoms. The summed E-state index contributed by atoms with van der Waals surface area (Å²) in [6.07, 6.45) is -1.55. The van der Waals surface area contributed by atoms with E-state index >= 15 is 0 Å². The molecule has 1 aliphatic heterocycles. The molecule has 7 heteroatoms. The van der Waals surface area contributed by atoms with Crippen molar-refractivity contribution >= 4 is 0 Å². The Morgan fingerprint density at radius 2 is 1.63 bits per heavy atom. The fraction of sp³-hybridized carbons (Fsp3) is 0.783. The van der Waals surface area contributed by atoms with Crippen LogP contribution in [0.1, 0.15) is 80.8 Å². The first kappa shape index (κ1) is 30.9. The zero-order valence-electron chi connectivity index (χ0n) is 20.4. The summed E-state index contributed by atoms with van der Waals surface area (Å²) in [6.45, 7) is 19.8. The van der Waals surface area contributed by atoms with Crippen LogP contribution in [0.25, 0.3) is 0 Å². The van der Waals surface area contributed by atoms with Crippen LogP contribution >= 0.6 is 0 Å². The van der Waals surface area contributed by atoms with E-state index in [1.165, 1.54) is 25.7 Å². The summed E-state index contributed by atoms with van der Waals surface area (Å²) in [4.78, 5) is 3.22. The Labute approximate surface area is 181 Å². The summed E-state index contributed by atoms with van der Waals surface area (Å²) in [5.74, 6) is 0.577. The smallest absolute Gasteiger partial charge is 0.433 e. The Balaban J connectivity index is 0. The topological polar surface area (TPSA) is 40.6 Å². The van der Waals surface area contributed by atoms with Crippen molar-refractivity contribution in [1.82, 2.24) is 4.98 Å². The third kappa shape index (κ3) is 13.8. The predicted octanol–water partition coefficient (Wildman–Crippen LogP) is 7.17. The molecule has 0 amide bonds. The Morgan fingerprint density at radius 3 is 2.03 bits per heavy atom. The van der Waals surface area contributed by atoms with Crippen LogP contribution < -0.4 is 4.74 Å². The van der Waals surface area contributed by atoms with E-state index in [0.717, 1.165) is 19.1 Å². The van der Waals surface area contributed by atoms with Crippen LogP contribution in [0.3, 0.4) is 0 Å². The van der Waals surface area contributed by atoms with Gasteiger partial charge in [-0.25, -0.2) is 4.98 Å². The molecule has 1 fully saturated rings. The van der Waals surface area contributed by atoms with Gasteiger partial charge in [0.25, 0.3) is 0 Å². The molecule has 1 saturated heterocycles. The molecule has 3 unspecified atom stereocenters. The summed E-state index contributed by atoms with van der Waals surface area (Å²) < 4.78 is 52.1. The van der Waals surface area contributed by atoms with E-state index in [-0.39, 0.29) is 23.7 Å². The maximum atomic E-state index is 12.0. The van der Waals surface area contributed by atoms with Gasteiger partial charge in [0.2, 0.25) is 5.88 Å². The predicted molar refractivity (Wildman–Crippen MR) is 117 cm³/mol. The van der Waals surface area contributed by atoms with Crippen LogP contribution in [-0.2, 0) is 15.7 Å². The van der Waals surface area contributed by atoms with Gasteiger partial charge in [-0.15, -0.1) is 0 Å². The SMILES string of the molecule is CC.CC1CCOC(C)C1OC(C)(C)C.CCC.COc1cccc(C(F)(F)F)n1. The number of hydrogen-bond acceptors (Lipinski definition) is 4. The maximum absolute atomic E-state index is 12.0. The number of alkyl halides is 3. The second-order valence-electron chi connectivity index (χ2n) is 7.81. The van der Waals surface area contributed by atoms with Crippen LogP contribution in [0.2, 0.25) is 0 Å². The lowest BCUT2D eigenvalue weighted by atomic mass is 9.94. The molecule has 1 aromatic rings. The first-order valence-electron chi connectivity index (χ1n) is 10.7. The van der Waals surface area contributed by atoms with Crippen molar-refractivity contribution in [2.75, 3.05) is 13.7 Å². The van der Waals surface area contributed by atoms with E-state index in [1.807, 2.05) is 13.8 Å². The van der Waals surface area contributed by atoms with Gasteiger partial charge in [0.1, 0.15) is 5.69 Å². The van der Waals surface area contributed by atoms with Crippen LogP contribution in [0.4, 0.5) is 13.2 Å². The lowest BCUT2D eigenvalue weighted by molar-refractivity contribution is -0.168. The largest absolute Gasteiger partial charge is 0.481 e. The van der Waals surface area contributed by atoms with Gasteiger partial charge in [-0.05, 0) is 46.1 Å². The number of pyridine rings is 1. The molecule has 0 N–H and O–H groups in total. The number of methoxy groups -OCH3 is 1. The minimum atomic E-state index is -4.41. The molecular formula is C23H42F3NO3. The zero-order valence-corrected chi connectivity index (χ0v) is 20.4. The molecule has 0 bridgehead atoms. The van der Waals surface area contributed by atoms with Crippen LogP contribution in [0.5, 0.6) is 5.88 Å². The zero-order chi connectivity index (χ0) is 24.0. The van der Waals surface area contributed by atoms with Crippen molar-refractivity contribution in [2.45, 2.75) is 99.1 Å². The number of nitrogens with zero attached hydrogens (tertiary/aromatic N) is 1. The minimum Gasteiger partial charge on any atom is -0.481 e. The molecule has 0 radical (unpaired) electrons. The van der Waals surface area contributed by atoms with Gasteiger partial charge >= 0.3 is 6.18 Å². The van der Waals surface area contributed by atoms with E-state index in [0.29, 0.717) is 5.92 Å². The van der Waals surface area contributed by atoms with Crippen molar-refractivity contribution in [2.24, 2.45) is 5.92 Å². The van der Waals surface area contributed by atoms with Crippen molar-refractivity contribution in [3.63, 3.8) is 0 Å². The lowest BCUT2D eigenvalue weighted by Crippen LogP contribution is -2.44. The summed E-state index contributed by atoms with van der Waals surface area (Å²) in [7, 11) is 1.27. The van der Waals surface area contributed by atoms with E-state index in [2.05, 4.69) is 58.2 Å². The molecule has 4 nitrogen and oxygen atoms in total. The third-order valence-electron chi connectivity index (χ3n) is 3.69. The molecule has 178 valence electrons. The van der Waals surface area contributed by atoms with E-state index in [4.69, 9.17) is 9.47 Å². The highest BCUT2D eigenvalue weighted by molar-refractivity contribution is 5.17. The van der Waals surface area contributed by atoms with Crippen LogP contribution in [-0.4, -0.2) is 36.5 Å². The molecule has 0 saturated carbocycles. The average molecular weight is 438 g/mol. The maximum Gasteiger partial charge on any atom is 0.433 e. The molecule has 30 heavy (non-hydrogen) atoms. The van der Waals surface area contributed by atoms with Gasteiger partial charge in [0, 0.05) is 12.7 Å². The number of aromatic nitrogens is 1. The summed E-state index contributed by atoms with van der Waals surface area (Å²) in [6, 6.07) is 3.49. The Kier molecular flexibility index (Phi) is 15.9. The first-order valence-corrected chi connectivity index (χ1v) is 10.7. The fourth-order valence-corrected chi connectivity index (χ4v) is 2.47. The first-order chi connectivity index (χ1) is 13.9. The van der Waals surface area contributed by atoms with Crippen molar-refractivity contribution < 1.29 is 27.4 Å². The highest BCUT2D eigenvalue weighted by atomic mass is 19.4. The highest BCUT2D eigenvalue weighted by Crippen LogP contribution is 2.28. The van der Waals surface area contributed by atoms with Crippen molar-refractivity contribution in [3.8, 4) is 5.88 Å². The quantitative estimate of drug-likeness (QED) is 0.492. The van der Waals surface area contributed by atoms with E-state index < -0.39 is 11.9 Å². The van der Waals surface area contributed by atoms with Crippen LogP contribution in [0, 0.1) is 5.92 Å². The monoisotopic (exact) mass is 437 g/mol. The molecule has 2 rings (SSSR count). The molecule has 3 atom stereocenters. The molecule has 0 aliphatic carbocycles. The summed E-state index contributed by atoms with van der Waals surface area (Å²) in [5.41, 5.74) is -1.00. The molecule has 1 aliphatic rings. The molecule has 1 aromatic heterocycles. The van der Waals surface area contributed by atoms with Gasteiger partial charge in [0.05, 0.1) is 24.9 Å². The summed E-state index contributed by atoms with van der Waals surface area (Å²) in [5, 5.41) is 0. The normalized spacial score (nSPS) is 21.0. The standard InChI is InChI=1S/C11H22O2.C7H6F3NO.C3H8.C2H6/c1-8-6-7-12-9(2)10(8)13-11(3,4)5;1-12-6-4-2-3-5(11-6)7(8,9)10;1-3-2;1-2/h8-10H,6-7H2,1-5H3;2-4H,1H3;3H2,1-2H3;1-2H3. The van der Waals surface area contributed by atoms with Crippen LogP contribution in [0.15, 0.2) is 18.2 Å².